The van der Waals surface area contributed by atoms with Gasteiger partial charge >= 0.3 is 0 Å². The first-order valence-corrected chi connectivity index (χ1v) is 9.78. The van der Waals surface area contributed by atoms with E-state index in [4.69, 9.17) is 12.2 Å². The highest BCUT2D eigenvalue weighted by Gasteiger charge is 2.45. The molecular weight excluding hydrogens is 384 g/mol. The number of fused-ring (bicyclic) bond motifs is 2. The zero-order valence-electron chi connectivity index (χ0n) is 15.5. The maximum Gasteiger partial charge on any atom is 0.269 e. The van der Waals surface area contributed by atoms with Crippen LogP contribution in [-0.2, 0) is 13.1 Å². The van der Waals surface area contributed by atoms with Crippen molar-refractivity contribution in [3.05, 3.63) is 106 Å². The minimum Gasteiger partial charge on any atom is -0.296 e. The zero-order valence-corrected chi connectivity index (χ0v) is 16.3. The maximum absolute atomic E-state index is 11.1. The Morgan fingerprint density at radius 2 is 1.48 bits per heavy atom. The lowest BCUT2D eigenvalue weighted by Gasteiger charge is -2.36. The molecular formula is C22H18N4O2S. The first-order chi connectivity index (χ1) is 14.1. The minimum atomic E-state index is -0.374. The summed E-state index contributed by atoms with van der Waals surface area (Å²) in [6.07, 6.45) is -0.168. The van der Waals surface area contributed by atoms with Crippen LogP contribution >= 0.6 is 12.2 Å². The Bertz CT molecular complexity index is 1090. The summed E-state index contributed by atoms with van der Waals surface area (Å²) in [4.78, 5) is 12.8. The van der Waals surface area contributed by atoms with Gasteiger partial charge in [-0.3, -0.25) is 20.0 Å². The van der Waals surface area contributed by atoms with Crippen LogP contribution in [0.3, 0.4) is 0 Å². The molecule has 3 aromatic carbocycles. The fourth-order valence-electron chi connectivity index (χ4n) is 4.07. The summed E-state index contributed by atoms with van der Waals surface area (Å²) in [5, 5.41) is 16.2. The number of hydrogen-bond acceptors (Lipinski definition) is 4. The van der Waals surface area contributed by atoms with Crippen molar-refractivity contribution >= 4 is 28.7 Å². The molecule has 1 atom stereocenters. The summed E-state index contributed by atoms with van der Waals surface area (Å²) >= 11 is 5.90. The van der Waals surface area contributed by atoms with Gasteiger partial charge in [0.25, 0.3) is 5.69 Å². The predicted molar refractivity (Wildman–Crippen MR) is 115 cm³/mol. The van der Waals surface area contributed by atoms with Crippen LogP contribution < -0.4 is 4.90 Å². The normalized spacial score (nSPS) is 18.5. The fraction of sp³-hybridized carbons (Fsp3) is 0.136. The molecule has 0 bridgehead atoms. The van der Waals surface area contributed by atoms with E-state index < -0.39 is 0 Å². The summed E-state index contributed by atoms with van der Waals surface area (Å²) in [6.45, 7) is 1.43. The van der Waals surface area contributed by atoms with Crippen LogP contribution in [0.1, 0.15) is 22.9 Å². The Labute approximate surface area is 173 Å². The molecule has 1 saturated heterocycles. The van der Waals surface area contributed by atoms with E-state index in [0.29, 0.717) is 6.54 Å². The summed E-state index contributed by atoms with van der Waals surface area (Å²) in [6, 6.07) is 25.2. The van der Waals surface area contributed by atoms with Crippen LogP contribution in [0.25, 0.3) is 0 Å². The second-order valence-corrected chi connectivity index (χ2v) is 7.50. The number of non-ortho nitro benzene ring substituents is 1. The highest BCUT2D eigenvalue weighted by Crippen LogP contribution is 2.42. The number of thiocarbonyl (C=S) groups is 1. The van der Waals surface area contributed by atoms with E-state index in [1.807, 2.05) is 42.5 Å². The van der Waals surface area contributed by atoms with Gasteiger partial charge < -0.3 is 0 Å². The Kier molecular flexibility index (Phi) is 4.26. The number of anilines is 1. The molecule has 5 rings (SSSR count). The topological polar surface area (TPSA) is 52.9 Å². The number of nitro benzene ring substituents is 1. The number of rotatable bonds is 3. The lowest BCUT2D eigenvalue weighted by Crippen LogP contribution is -2.42. The van der Waals surface area contributed by atoms with Crippen molar-refractivity contribution in [2.75, 3.05) is 4.90 Å². The number of hydrogen-bond donors (Lipinski definition) is 0. The maximum atomic E-state index is 11.1. The lowest BCUT2D eigenvalue weighted by molar-refractivity contribution is -0.384. The molecule has 6 nitrogen and oxygen atoms in total. The average molecular weight is 402 g/mol. The molecule has 1 unspecified atom stereocenters. The van der Waals surface area contributed by atoms with Crippen LogP contribution in [0.2, 0.25) is 0 Å². The van der Waals surface area contributed by atoms with Crippen molar-refractivity contribution in [1.82, 2.24) is 10.0 Å². The van der Waals surface area contributed by atoms with Gasteiger partial charge in [-0.25, -0.2) is 0 Å². The average Bonchev–Trinajstić information content (AvgIpc) is 3.04. The Hall–Kier alpha value is -3.29. The zero-order chi connectivity index (χ0) is 20.0. The number of para-hydroxylation sites is 1. The van der Waals surface area contributed by atoms with Gasteiger partial charge in [-0.05, 0) is 53.2 Å². The van der Waals surface area contributed by atoms with Crippen molar-refractivity contribution in [3.63, 3.8) is 0 Å². The van der Waals surface area contributed by atoms with Gasteiger partial charge in [-0.15, -0.1) is 0 Å². The molecule has 3 aromatic rings. The SMILES string of the molecule is O=[N+]([O-])c1ccc(C2N(c3ccccc3)C(=S)N3Cc4ccccc4CN23)cc1. The molecule has 0 N–H and O–H groups in total. The number of nitrogens with zero attached hydrogens (tertiary/aromatic N) is 4. The van der Waals surface area contributed by atoms with E-state index in [0.717, 1.165) is 22.9 Å². The molecule has 2 heterocycles. The predicted octanol–water partition coefficient (Wildman–Crippen LogP) is 4.63. The molecule has 0 saturated carbocycles. The minimum absolute atomic E-state index is 0.0847. The van der Waals surface area contributed by atoms with E-state index in [2.05, 4.69) is 39.2 Å². The van der Waals surface area contributed by atoms with Gasteiger partial charge in [-0.2, -0.15) is 5.01 Å². The summed E-state index contributed by atoms with van der Waals surface area (Å²) < 4.78 is 0. The van der Waals surface area contributed by atoms with Gasteiger partial charge in [0, 0.05) is 24.4 Å². The van der Waals surface area contributed by atoms with E-state index in [-0.39, 0.29) is 16.8 Å². The van der Waals surface area contributed by atoms with E-state index in [1.165, 1.54) is 11.1 Å². The Balaban J connectivity index is 1.61. The number of nitro groups is 1. The van der Waals surface area contributed by atoms with Crippen LogP contribution in [-0.4, -0.2) is 20.1 Å². The molecule has 2 aliphatic rings. The van der Waals surface area contributed by atoms with Gasteiger partial charge in [0.05, 0.1) is 11.5 Å². The third-order valence-electron chi connectivity index (χ3n) is 5.47. The van der Waals surface area contributed by atoms with Crippen LogP contribution in [0.5, 0.6) is 0 Å². The lowest BCUT2D eigenvalue weighted by atomic mass is 10.0. The molecule has 29 heavy (non-hydrogen) atoms. The number of hydrazine groups is 1. The highest BCUT2D eigenvalue weighted by molar-refractivity contribution is 7.80. The molecule has 0 amide bonds. The largest absolute Gasteiger partial charge is 0.296 e. The number of benzene rings is 3. The third kappa shape index (κ3) is 2.95. The van der Waals surface area contributed by atoms with Crippen molar-refractivity contribution < 1.29 is 4.92 Å². The monoisotopic (exact) mass is 402 g/mol. The summed E-state index contributed by atoms with van der Waals surface area (Å²) in [5.74, 6) is 0. The fourth-order valence-corrected chi connectivity index (χ4v) is 4.44. The Morgan fingerprint density at radius 1 is 0.862 bits per heavy atom. The standard InChI is InChI=1S/C22H18N4O2S/c27-26(28)20-12-10-16(11-13-20)21-23-14-17-6-4-5-7-18(17)15-24(23)22(29)25(21)19-8-2-1-3-9-19/h1-13,21H,14-15H2. The van der Waals surface area contributed by atoms with Crippen LogP contribution in [0, 0.1) is 10.1 Å². The smallest absolute Gasteiger partial charge is 0.269 e. The third-order valence-corrected chi connectivity index (χ3v) is 5.88. The molecule has 7 heteroatoms. The quantitative estimate of drug-likeness (QED) is 0.362. The van der Waals surface area contributed by atoms with Gasteiger partial charge in [-0.1, -0.05) is 42.5 Å². The van der Waals surface area contributed by atoms with Crippen LogP contribution in [0.4, 0.5) is 11.4 Å². The molecule has 2 aliphatic heterocycles. The first-order valence-electron chi connectivity index (χ1n) is 9.37. The second kappa shape index (κ2) is 6.95. The summed E-state index contributed by atoms with van der Waals surface area (Å²) in [7, 11) is 0. The van der Waals surface area contributed by atoms with Crippen molar-refractivity contribution in [2.45, 2.75) is 19.3 Å². The Morgan fingerprint density at radius 3 is 2.14 bits per heavy atom. The van der Waals surface area contributed by atoms with Gasteiger partial charge in [0.2, 0.25) is 0 Å². The summed E-state index contributed by atoms with van der Waals surface area (Å²) in [5.41, 5.74) is 4.58. The molecule has 0 spiro atoms. The molecule has 0 radical (unpaired) electrons. The van der Waals surface area contributed by atoms with Crippen LogP contribution in [0.15, 0.2) is 78.9 Å². The second-order valence-electron chi connectivity index (χ2n) is 7.13. The van der Waals surface area contributed by atoms with E-state index in [9.17, 15) is 10.1 Å². The van der Waals surface area contributed by atoms with Gasteiger partial charge in [0.1, 0.15) is 6.17 Å². The van der Waals surface area contributed by atoms with E-state index in [1.54, 1.807) is 12.1 Å². The van der Waals surface area contributed by atoms with Gasteiger partial charge in [0.15, 0.2) is 5.11 Å². The van der Waals surface area contributed by atoms with Crippen molar-refractivity contribution in [1.29, 1.82) is 0 Å². The highest BCUT2D eigenvalue weighted by atomic mass is 32.1. The first kappa shape index (κ1) is 17.8. The molecule has 0 aliphatic carbocycles. The molecule has 1 fully saturated rings. The van der Waals surface area contributed by atoms with Crippen molar-refractivity contribution in [3.8, 4) is 0 Å². The van der Waals surface area contributed by atoms with Crippen molar-refractivity contribution in [2.24, 2.45) is 0 Å². The van der Waals surface area contributed by atoms with E-state index >= 15 is 0 Å². The molecule has 144 valence electrons. The molecule has 0 aromatic heterocycles.